The summed E-state index contributed by atoms with van der Waals surface area (Å²) in [4.78, 5) is 39.5. The minimum absolute atomic E-state index is 0.0862. The third-order valence-electron chi connectivity index (χ3n) is 5.83. The lowest BCUT2D eigenvalue weighted by Crippen LogP contribution is -2.35. The number of non-ortho nitro benzene ring substituents is 1. The van der Waals surface area contributed by atoms with E-state index in [1.807, 2.05) is 23.1 Å². The molecule has 2 heterocycles. The Bertz CT molecular complexity index is 1150. The molecule has 1 fully saturated rings. The van der Waals surface area contributed by atoms with Crippen molar-refractivity contribution in [3.63, 3.8) is 0 Å². The zero-order chi connectivity index (χ0) is 22.5. The van der Waals surface area contributed by atoms with Gasteiger partial charge >= 0.3 is 5.76 Å². The van der Waals surface area contributed by atoms with Crippen molar-refractivity contribution in [2.75, 3.05) is 26.2 Å². The van der Waals surface area contributed by atoms with E-state index >= 15 is 0 Å². The van der Waals surface area contributed by atoms with Crippen molar-refractivity contribution in [3.05, 3.63) is 74.8 Å². The van der Waals surface area contributed by atoms with Crippen LogP contribution >= 0.6 is 0 Å². The lowest BCUT2D eigenvalue weighted by molar-refractivity contribution is -0.384. The Balaban J connectivity index is 1.30. The molecule has 9 heteroatoms. The predicted molar refractivity (Wildman–Crippen MR) is 119 cm³/mol. The monoisotopic (exact) mass is 438 g/mol. The van der Waals surface area contributed by atoms with Gasteiger partial charge in [-0.25, -0.2) is 4.79 Å². The zero-order valence-corrected chi connectivity index (χ0v) is 17.8. The average molecular weight is 438 g/mol. The molecular formula is C23H26N4O5. The number of hydrogen-bond acceptors (Lipinski definition) is 6. The molecule has 0 N–H and O–H groups in total. The average Bonchev–Trinajstić information content (AvgIpc) is 2.94. The summed E-state index contributed by atoms with van der Waals surface area (Å²) >= 11 is 0. The summed E-state index contributed by atoms with van der Waals surface area (Å²) in [6.07, 6.45) is 1.77. The van der Waals surface area contributed by atoms with Gasteiger partial charge in [-0.05, 0) is 24.5 Å². The van der Waals surface area contributed by atoms with Gasteiger partial charge in [0.1, 0.15) is 0 Å². The lowest BCUT2D eigenvalue weighted by atomic mass is 10.2. The van der Waals surface area contributed by atoms with Gasteiger partial charge in [0.2, 0.25) is 5.91 Å². The highest BCUT2D eigenvalue weighted by molar-refractivity contribution is 5.77. The van der Waals surface area contributed by atoms with E-state index in [9.17, 15) is 19.7 Å². The molecule has 0 atom stereocenters. The van der Waals surface area contributed by atoms with Gasteiger partial charge in [-0.3, -0.25) is 24.4 Å². The molecule has 32 heavy (non-hydrogen) atoms. The fraction of sp³-hybridized carbons (Fsp3) is 0.391. The Labute approximate surface area is 185 Å². The number of nitrogens with zero attached hydrogens (tertiary/aromatic N) is 4. The molecule has 4 rings (SSSR count). The van der Waals surface area contributed by atoms with Crippen molar-refractivity contribution >= 4 is 22.7 Å². The molecule has 168 valence electrons. The summed E-state index contributed by atoms with van der Waals surface area (Å²) < 4.78 is 6.57. The second kappa shape index (κ2) is 9.78. The second-order valence-corrected chi connectivity index (χ2v) is 8.03. The van der Waals surface area contributed by atoms with Crippen LogP contribution < -0.4 is 5.76 Å². The van der Waals surface area contributed by atoms with Gasteiger partial charge in [-0.2, -0.15) is 0 Å². The fourth-order valence-electron chi connectivity index (χ4n) is 4.15. The standard InChI is InChI=1S/C23H26N4O5/c28-22(25-12-5-11-24(14-15-25)17-18-6-2-1-3-7-18)8-4-13-26-20-10-9-19(27(30)31)16-21(20)32-23(26)29/h1-3,6-7,9-10,16H,4-5,8,11-15,17H2. The van der Waals surface area contributed by atoms with Gasteiger partial charge in [-0.1, -0.05) is 30.3 Å². The van der Waals surface area contributed by atoms with E-state index in [2.05, 4.69) is 17.0 Å². The van der Waals surface area contributed by atoms with E-state index in [-0.39, 0.29) is 17.2 Å². The SMILES string of the molecule is O=C(CCCn1c(=O)oc2cc([N+](=O)[O-])ccc21)N1CCCN(Cc2ccccc2)CC1. The molecular weight excluding hydrogens is 412 g/mol. The molecule has 0 aliphatic carbocycles. The molecule has 0 radical (unpaired) electrons. The quantitative estimate of drug-likeness (QED) is 0.415. The zero-order valence-electron chi connectivity index (χ0n) is 17.8. The summed E-state index contributed by atoms with van der Waals surface area (Å²) in [5, 5.41) is 10.9. The Hall–Kier alpha value is -3.46. The van der Waals surface area contributed by atoms with Crippen LogP contribution in [0, 0.1) is 10.1 Å². The smallest absolute Gasteiger partial charge is 0.407 e. The van der Waals surface area contributed by atoms with Gasteiger partial charge in [0.05, 0.1) is 16.5 Å². The molecule has 0 saturated carbocycles. The largest absolute Gasteiger partial charge is 0.419 e. The number of oxazole rings is 1. The van der Waals surface area contributed by atoms with Crippen LogP contribution in [0.25, 0.3) is 11.1 Å². The van der Waals surface area contributed by atoms with Crippen LogP contribution in [0.2, 0.25) is 0 Å². The molecule has 1 aromatic heterocycles. The van der Waals surface area contributed by atoms with Crippen LogP contribution in [0.5, 0.6) is 0 Å². The molecule has 1 amide bonds. The van der Waals surface area contributed by atoms with Gasteiger partial charge in [0.25, 0.3) is 5.69 Å². The first kappa shape index (κ1) is 21.8. The summed E-state index contributed by atoms with van der Waals surface area (Å²) in [7, 11) is 0. The normalized spacial score (nSPS) is 15.1. The summed E-state index contributed by atoms with van der Waals surface area (Å²) in [5.41, 5.74) is 1.83. The van der Waals surface area contributed by atoms with E-state index in [1.54, 1.807) is 0 Å². The van der Waals surface area contributed by atoms with E-state index in [4.69, 9.17) is 4.42 Å². The number of fused-ring (bicyclic) bond motifs is 1. The highest BCUT2D eigenvalue weighted by Crippen LogP contribution is 2.20. The Morgan fingerprint density at radius 2 is 1.88 bits per heavy atom. The molecule has 3 aromatic rings. The van der Waals surface area contributed by atoms with Gasteiger partial charge < -0.3 is 9.32 Å². The molecule has 1 saturated heterocycles. The van der Waals surface area contributed by atoms with Gasteiger partial charge in [0, 0.05) is 51.8 Å². The van der Waals surface area contributed by atoms with Crippen LogP contribution in [0.15, 0.2) is 57.7 Å². The number of nitro groups is 1. The Kier molecular flexibility index (Phi) is 6.65. The Morgan fingerprint density at radius 1 is 1.06 bits per heavy atom. The number of aromatic nitrogens is 1. The lowest BCUT2D eigenvalue weighted by Gasteiger charge is -2.22. The number of hydrogen-bond donors (Lipinski definition) is 0. The Morgan fingerprint density at radius 3 is 2.66 bits per heavy atom. The van der Waals surface area contributed by atoms with Crippen molar-refractivity contribution in [2.24, 2.45) is 0 Å². The highest BCUT2D eigenvalue weighted by Gasteiger charge is 2.20. The van der Waals surface area contributed by atoms with E-state index in [1.165, 1.54) is 28.3 Å². The van der Waals surface area contributed by atoms with Crippen molar-refractivity contribution in [1.82, 2.24) is 14.4 Å². The van der Waals surface area contributed by atoms with Crippen molar-refractivity contribution < 1.29 is 14.1 Å². The van der Waals surface area contributed by atoms with E-state index < -0.39 is 10.7 Å². The number of carbonyl (C=O) groups is 1. The first-order valence-corrected chi connectivity index (χ1v) is 10.8. The van der Waals surface area contributed by atoms with Gasteiger partial charge in [-0.15, -0.1) is 0 Å². The van der Waals surface area contributed by atoms with Crippen molar-refractivity contribution in [2.45, 2.75) is 32.4 Å². The fourth-order valence-corrected chi connectivity index (χ4v) is 4.15. The molecule has 0 bridgehead atoms. The number of nitro benzene ring substituents is 1. The summed E-state index contributed by atoms with van der Waals surface area (Å²) in [5.74, 6) is -0.484. The third kappa shape index (κ3) is 5.05. The highest BCUT2D eigenvalue weighted by atomic mass is 16.6. The minimum atomic E-state index is -0.570. The maximum atomic E-state index is 12.7. The molecule has 1 aliphatic rings. The summed E-state index contributed by atoms with van der Waals surface area (Å²) in [6.45, 7) is 4.44. The van der Waals surface area contributed by atoms with E-state index in [0.29, 0.717) is 31.4 Å². The van der Waals surface area contributed by atoms with Crippen molar-refractivity contribution in [1.29, 1.82) is 0 Å². The topological polar surface area (TPSA) is 102 Å². The van der Waals surface area contributed by atoms with Crippen molar-refractivity contribution in [3.8, 4) is 0 Å². The second-order valence-electron chi connectivity index (χ2n) is 8.03. The minimum Gasteiger partial charge on any atom is -0.407 e. The maximum Gasteiger partial charge on any atom is 0.419 e. The van der Waals surface area contributed by atoms with E-state index in [0.717, 1.165) is 32.6 Å². The molecule has 2 aromatic carbocycles. The molecule has 0 unspecified atom stereocenters. The van der Waals surface area contributed by atoms with Crippen LogP contribution in [-0.4, -0.2) is 51.4 Å². The number of benzene rings is 2. The summed E-state index contributed by atoms with van der Waals surface area (Å²) in [6, 6.07) is 14.4. The van der Waals surface area contributed by atoms with Crippen LogP contribution in [0.1, 0.15) is 24.8 Å². The van der Waals surface area contributed by atoms with Crippen LogP contribution in [-0.2, 0) is 17.9 Å². The molecule has 1 aliphatic heterocycles. The third-order valence-corrected chi connectivity index (χ3v) is 5.83. The predicted octanol–water partition coefficient (Wildman–Crippen LogP) is 3.02. The molecule has 9 nitrogen and oxygen atoms in total. The maximum absolute atomic E-state index is 12.7. The van der Waals surface area contributed by atoms with Crippen LogP contribution in [0.4, 0.5) is 5.69 Å². The van der Waals surface area contributed by atoms with Crippen LogP contribution in [0.3, 0.4) is 0 Å². The first-order chi connectivity index (χ1) is 15.5. The number of aryl methyl sites for hydroxylation is 1. The first-order valence-electron chi connectivity index (χ1n) is 10.8. The van der Waals surface area contributed by atoms with Gasteiger partial charge in [0.15, 0.2) is 5.58 Å². The number of amides is 1. The number of carbonyl (C=O) groups excluding carboxylic acids is 1. The number of rotatable bonds is 7. The molecule has 0 spiro atoms.